The number of halogens is 1. The molecule has 2 aromatic rings. The average molecular weight is 347 g/mol. The zero-order chi connectivity index (χ0) is 16.1. The van der Waals surface area contributed by atoms with E-state index >= 15 is 0 Å². The largest absolute Gasteiger partial charge is 0.370 e. The molecule has 3 N–H and O–H groups in total. The van der Waals surface area contributed by atoms with Crippen molar-refractivity contribution in [2.45, 2.75) is 13.0 Å². The van der Waals surface area contributed by atoms with Crippen LogP contribution >= 0.6 is 12.4 Å². The van der Waals surface area contributed by atoms with Crippen molar-refractivity contribution in [1.29, 1.82) is 0 Å². The molecule has 6 heteroatoms. The van der Waals surface area contributed by atoms with Crippen LogP contribution in [-0.4, -0.2) is 35.4 Å². The lowest BCUT2D eigenvalue weighted by atomic mass is 10.1. The van der Waals surface area contributed by atoms with E-state index in [1.807, 2.05) is 36.4 Å². The number of carbonyl (C=O) groups is 1. The van der Waals surface area contributed by atoms with Crippen LogP contribution in [0.2, 0.25) is 0 Å². The number of hydrogen-bond donors (Lipinski definition) is 2. The molecule has 0 aliphatic carbocycles. The number of rotatable bonds is 6. The summed E-state index contributed by atoms with van der Waals surface area (Å²) in [7, 11) is 0. The molecule has 24 heavy (non-hydrogen) atoms. The summed E-state index contributed by atoms with van der Waals surface area (Å²) in [5, 5.41) is 3.40. The Bertz CT molecular complexity index is 665. The van der Waals surface area contributed by atoms with Gasteiger partial charge in [0.15, 0.2) is 0 Å². The maximum Gasteiger partial charge on any atom is 0.248 e. The van der Waals surface area contributed by atoms with E-state index in [1.165, 1.54) is 6.42 Å². The third-order valence-corrected chi connectivity index (χ3v) is 4.22. The summed E-state index contributed by atoms with van der Waals surface area (Å²) in [5.41, 5.74) is 7.06. The van der Waals surface area contributed by atoms with Gasteiger partial charge in [0.1, 0.15) is 5.82 Å². The molecule has 1 fully saturated rings. The van der Waals surface area contributed by atoms with Crippen molar-refractivity contribution >= 4 is 24.1 Å². The van der Waals surface area contributed by atoms with E-state index in [0.29, 0.717) is 11.5 Å². The fourth-order valence-electron chi connectivity index (χ4n) is 3.02. The topological polar surface area (TPSA) is 71.2 Å². The van der Waals surface area contributed by atoms with Crippen molar-refractivity contribution < 1.29 is 4.79 Å². The van der Waals surface area contributed by atoms with Crippen LogP contribution in [0.1, 0.15) is 22.3 Å². The number of likely N-dealkylation sites (tertiary alicyclic amines) is 1. The number of primary amides is 1. The van der Waals surface area contributed by atoms with E-state index in [-0.39, 0.29) is 18.3 Å². The number of nitrogens with one attached hydrogen (secondary N) is 1. The predicted molar refractivity (Wildman–Crippen MR) is 98.3 cm³/mol. The molecule has 1 amide bonds. The summed E-state index contributed by atoms with van der Waals surface area (Å²) < 4.78 is 0. The number of benzene rings is 1. The average Bonchev–Trinajstić information content (AvgIpc) is 3.01. The van der Waals surface area contributed by atoms with Gasteiger partial charge in [0.05, 0.1) is 0 Å². The highest BCUT2D eigenvalue weighted by atomic mass is 35.5. The summed E-state index contributed by atoms with van der Waals surface area (Å²) in [5.74, 6) is 1.18. The first-order chi connectivity index (χ1) is 11.2. The first kappa shape index (κ1) is 18.2. The van der Waals surface area contributed by atoms with Gasteiger partial charge in [-0.25, -0.2) is 4.98 Å². The lowest BCUT2D eigenvalue weighted by molar-refractivity contribution is 0.1000. The molecule has 1 aromatic heterocycles. The predicted octanol–water partition coefficient (Wildman–Crippen LogP) is 2.54. The standard InChI is InChI=1S/C18H22N4O.ClH/c19-18(23)16-5-3-4-14(10-16)12-22-9-7-15(13-22)11-21-17-6-1-2-8-20-17;/h1-6,8,10,15H,7,9,11-13H2,(H2,19,23)(H,20,21);1H. The highest BCUT2D eigenvalue weighted by Gasteiger charge is 2.22. The van der Waals surface area contributed by atoms with Crippen LogP contribution < -0.4 is 11.1 Å². The first-order valence-electron chi connectivity index (χ1n) is 7.97. The van der Waals surface area contributed by atoms with Crippen LogP contribution in [0.3, 0.4) is 0 Å². The SMILES string of the molecule is Cl.NC(=O)c1cccc(CN2CCC(CNc3ccccn3)C2)c1. The van der Waals surface area contributed by atoms with Crippen LogP contribution in [0.5, 0.6) is 0 Å². The highest BCUT2D eigenvalue weighted by Crippen LogP contribution is 2.19. The van der Waals surface area contributed by atoms with Crippen LogP contribution in [-0.2, 0) is 6.54 Å². The van der Waals surface area contributed by atoms with Gasteiger partial charge in [0.2, 0.25) is 5.91 Å². The second-order valence-corrected chi connectivity index (χ2v) is 6.05. The molecule has 0 saturated carbocycles. The Kier molecular flexibility index (Phi) is 6.58. The van der Waals surface area contributed by atoms with Crippen molar-refractivity contribution in [3.63, 3.8) is 0 Å². The lowest BCUT2D eigenvalue weighted by Gasteiger charge is -2.17. The number of pyridine rings is 1. The van der Waals surface area contributed by atoms with Gasteiger partial charge >= 0.3 is 0 Å². The van der Waals surface area contributed by atoms with E-state index in [9.17, 15) is 4.79 Å². The second-order valence-electron chi connectivity index (χ2n) is 6.05. The third kappa shape index (κ3) is 4.94. The molecule has 128 valence electrons. The Labute approximate surface area is 148 Å². The van der Waals surface area contributed by atoms with Gasteiger partial charge < -0.3 is 11.1 Å². The minimum Gasteiger partial charge on any atom is -0.370 e. The van der Waals surface area contributed by atoms with Crippen LogP contribution in [0, 0.1) is 5.92 Å². The number of aromatic nitrogens is 1. The molecule has 0 bridgehead atoms. The van der Waals surface area contributed by atoms with Crippen molar-refractivity contribution in [2.24, 2.45) is 11.7 Å². The minimum atomic E-state index is -0.370. The van der Waals surface area contributed by atoms with E-state index in [2.05, 4.69) is 15.2 Å². The van der Waals surface area contributed by atoms with E-state index in [4.69, 9.17) is 5.73 Å². The van der Waals surface area contributed by atoms with Crippen molar-refractivity contribution in [3.05, 3.63) is 59.8 Å². The number of amides is 1. The summed E-state index contributed by atoms with van der Waals surface area (Å²) in [4.78, 5) is 18.0. The molecule has 5 nitrogen and oxygen atoms in total. The number of hydrogen-bond acceptors (Lipinski definition) is 4. The Balaban J connectivity index is 0.00000208. The lowest BCUT2D eigenvalue weighted by Crippen LogP contribution is -2.23. The van der Waals surface area contributed by atoms with Crippen LogP contribution in [0.4, 0.5) is 5.82 Å². The van der Waals surface area contributed by atoms with Gasteiger partial charge in [-0.15, -0.1) is 12.4 Å². The molecule has 0 radical (unpaired) electrons. The second kappa shape index (κ2) is 8.66. The van der Waals surface area contributed by atoms with Crippen molar-refractivity contribution in [1.82, 2.24) is 9.88 Å². The van der Waals surface area contributed by atoms with E-state index < -0.39 is 0 Å². The molecule has 1 atom stereocenters. The van der Waals surface area contributed by atoms with Gasteiger partial charge in [-0.2, -0.15) is 0 Å². The quantitative estimate of drug-likeness (QED) is 0.843. The Morgan fingerprint density at radius 1 is 1.29 bits per heavy atom. The van der Waals surface area contributed by atoms with E-state index in [1.54, 1.807) is 12.3 Å². The van der Waals surface area contributed by atoms with Gasteiger partial charge in [-0.05, 0) is 48.7 Å². The molecule has 1 aromatic carbocycles. The summed E-state index contributed by atoms with van der Waals surface area (Å²) in [6.45, 7) is 3.94. The van der Waals surface area contributed by atoms with Crippen molar-refractivity contribution in [3.8, 4) is 0 Å². The Morgan fingerprint density at radius 2 is 2.17 bits per heavy atom. The molecule has 1 saturated heterocycles. The fourth-order valence-corrected chi connectivity index (χ4v) is 3.02. The van der Waals surface area contributed by atoms with Gasteiger partial charge in [-0.3, -0.25) is 9.69 Å². The highest BCUT2D eigenvalue weighted by molar-refractivity contribution is 5.92. The fraction of sp³-hybridized carbons (Fsp3) is 0.333. The summed E-state index contributed by atoms with van der Waals surface area (Å²) in [6, 6.07) is 13.5. The van der Waals surface area contributed by atoms with Gasteiger partial charge in [0.25, 0.3) is 0 Å². The maximum absolute atomic E-state index is 11.3. The van der Waals surface area contributed by atoms with Crippen LogP contribution in [0.15, 0.2) is 48.7 Å². The Morgan fingerprint density at radius 3 is 2.92 bits per heavy atom. The zero-order valence-corrected chi connectivity index (χ0v) is 14.3. The first-order valence-corrected chi connectivity index (χ1v) is 7.97. The number of carbonyl (C=O) groups excluding carboxylic acids is 1. The molecule has 1 aliphatic heterocycles. The molecule has 3 rings (SSSR count). The minimum absolute atomic E-state index is 0. The number of nitrogens with zero attached hydrogens (tertiary/aromatic N) is 2. The third-order valence-electron chi connectivity index (χ3n) is 4.22. The number of anilines is 1. The van der Waals surface area contributed by atoms with Crippen molar-refractivity contribution in [2.75, 3.05) is 25.0 Å². The maximum atomic E-state index is 11.3. The van der Waals surface area contributed by atoms with Crippen LogP contribution in [0.25, 0.3) is 0 Å². The summed E-state index contributed by atoms with van der Waals surface area (Å²) in [6.07, 6.45) is 2.98. The normalized spacial score (nSPS) is 17.2. The monoisotopic (exact) mass is 346 g/mol. The molecule has 0 spiro atoms. The van der Waals surface area contributed by atoms with Gasteiger partial charge in [0, 0.05) is 31.4 Å². The molecule has 1 unspecified atom stereocenters. The summed E-state index contributed by atoms with van der Waals surface area (Å²) >= 11 is 0. The molecular formula is C18H23ClN4O. The zero-order valence-electron chi connectivity index (χ0n) is 13.5. The molecule has 1 aliphatic rings. The Hall–Kier alpha value is -2.11. The molecular weight excluding hydrogens is 324 g/mol. The van der Waals surface area contributed by atoms with E-state index in [0.717, 1.165) is 37.6 Å². The smallest absolute Gasteiger partial charge is 0.248 e. The molecule has 2 heterocycles. The number of nitrogens with two attached hydrogens (primary N) is 1. The van der Waals surface area contributed by atoms with Gasteiger partial charge in [-0.1, -0.05) is 18.2 Å².